The van der Waals surface area contributed by atoms with Crippen LogP contribution in [0, 0.1) is 15.9 Å². The Hall–Kier alpha value is -2.32. The van der Waals surface area contributed by atoms with E-state index in [0.29, 0.717) is 5.56 Å². The maximum absolute atomic E-state index is 13.1. The number of benzene rings is 1. The molecule has 6 nitrogen and oxygen atoms in total. The molecule has 2 rings (SSSR count). The molecule has 0 aliphatic carbocycles. The molecule has 1 aromatic carbocycles. The lowest BCUT2D eigenvalue weighted by molar-refractivity contribution is -0.385. The number of thiophene rings is 1. The van der Waals surface area contributed by atoms with Crippen LogP contribution in [0.2, 0.25) is 0 Å². The van der Waals surface area contributed by atoms with Gasteiger partial charge in [-0.1, -0.05) is 0 Å². The van der Waals surface area contributed by atoms with Crippen LogP contribution in [0.25, 0.3) is 0 Å². The average molecular weight is 310 g/mol. The van der Waals surface area contributed by atoms with Gasteiger partial charge in [0.2, 0.25) is 0 Å². The van der Waals surface area contributed by atoms with Crippen LogP contribution in [-0.2, 0) is 0 Å². The normalized spacial score (nSPS) is 11.9. The summed E-state index contributed by atoms with van der Waals surface area (Å²) >= 11 is 1.40. The van der Waals surface area contributed by atoms with E-state index < -0.39 is 28.4 Å². The van der Waals surface area contributed by atoms with Gasteiger partial charge >= 0.3 is 0 Å². The van der Waals surface area contributed by atoms with Crippen molar-refractivity contribution in [3.05, 3.63) is 62.1 Å². The quantitative estimate of drug-likeness (QED) is 0.654. The van der Waals surface area contributed by atoms with Crippen molar-refractivity contribution in [2.24, 2.45) is 0 Å². The average Bonchev–Trinajstić information content (AvgIpc) is 2.98. The highest BCUT2D eigenvalue weighted by molar-refractivity contribution is 7.07. The van der Waals surface area contributed by atoms with Gasteiger partial charge in [-0.25, -0.2) is 4.39 Å². The van der Waals surface area contributed by atoms with E-state index in [1.165, 1.54) is 11.3 Å². The molecule has 2 aromatic rings. The highest BCUT2D eigenvalue weighted by Crippen LogP contribution is 2.20. The molecule has 21 heavy (non-hydrogen) atoms. The predicted molar refractivity (Wildman–Crippen MR) is 74.7 cm³/mol. The Bertz CT molecular complexity index is 660. The predicted octanol–water partition coefficient (Wildman–Crippen LogP) is 2.26. The molecule has 1 atom stereocenters. The molecular formula is C13H11FN2O4S. The van der Waals surface area contributed by atoms with Crippen LogP contribution < -0.4 is 5.32 Å². The Labute approximate surface area is 123 Å². The first kappa shape index (κ1) is 15.1. The fraction of sp³-hybridized carbons (Fsp3) is 0.154. The zero-order chi connectivity index (χ0) is 15.4. The zero-order valence-corrected chi connectivity index (χ0v) is 11.5. The van der Waals surface area contributed by atoms with E-state index >= 15 is 0 Å². The number of nitro benzene ring substituents is 1. The van der Waals surface area contributed by atoms with Gasteiger partial charge in [0.15, 0.2) is 0 Å². The zero-order valence-electron chi connectivity index (χ0n) is 10.7. The van der Waals surface area contributed by atoms with Gasteiger partial charge in [0.1, 0.15) is 11.4 Å². The van der Waals surface area contributed by atoms with Crippen LogP contribution in [0.15, 0.2) is 35.0 Å². The number of amides is 1. The van der Waals surface area contributed by atoms with E-state index in [9.17, 15) is 24.4 Å². The molecule has 1 aromatic heterocycles. The molecule has 0 radical (unpaired) electrons. The molecule has 0 aliphatic heterocycles. The number of aliphatic hydroxyl groups is 1. The van der Waals surface area contributed by atoms with E-state index in [1.807, 2.05) is 0 Å². The largest absolute Gasteiger partial charge is 0.387 e. The number of halogens is 1. The lowest BCUT2D eigenvalue weighted by Gasteiger charge is -2.10. The number of aliphatic hydroxyl groups excluding tert-OH is 1. The number of carbonyl (C=O) groups is 1. The van der Waals surface area contributed by atoms with Crippen molar-refractivity contribution < 1.29 is 19.2 Å². The number of hydrogen-bond donors (Lipinski definition) is 2. The molecule has 0 aliphatic rings. The van der Waals surface area contributed by atoms with Gasteiger partial charge in [-0.05, 0) is 34.5 Å². The molecular weight excluding hydrogens is 299 g/mol. The minimum absolute atomic E-state index is 0.122. The summed E-state index contributed by atoms with van der Waals surface area (Å²) in [7, 11) is 0. The lowest BCUT2D eigenvalue weighted by Crippen LogP contribution is -2.28. The van der Waals surface area contributed by atoms with Crippen LogP contribution in [-0.4, -0.2) is 22.5 Å². The van der Waals surface area contributed by atoms with Crippen LogP contribution in [0.4, 0.5) is 10.1 Å². The topological polar surface area (TPSA) is 92.5 Å². The fourth-order valence-corrected chi connectivity index (χ4v) is 2.42. The number of nitro groups is 1. The standard InChI is InChI=1S/C13H11FN2O4S/c14-9-1-2-11(16(19)20)10(5-9)13(18)15-6-12(17)8-3-4-21-7-8/h1-5,7,12,17H,6H2,(H,15,18)/t12-/m1/s1. The van der Waals surface area contributed by atoms with E-state index in [-0.39, 0.29) is 12.1 Å². The van der Waals surface area contributed by atoms with Gasteiger partial charge in [-0.3, -0.25) is 14.9 Å². The molecule has 1 heterocycles. The molecule has 8 heteroatoms. The van der Waals surface area contributed by atoms with Gasteiger partial charge in [0, 0.05) is 12.6 Å². The van der Waals surface area contributed by atoms with Crippen LogP contribution >= 0.6 is 11.3 Å². The molecule has 0 fully saturated rings. The third-order valence-corrected chi connectivity index (χ3v) is 3.49. The van der Waals surface area contributed by atoms with E-state index in [0.717, 1.165) is 18.2 Å². The maximum atomic E-state index is 13.1. The number of rotatable bonds is 5. The fourth-order valence-electron chi connectivity index (χ4n) is 1.72. The van der Waals surface area contributed by atoms with Gasteiger partial charge in [-0.15, -0.1) is 0 Å². The highest BCUT2D eigenvalue weighted by Gasteiger charge is 2.21. The molecule has 0 spiro atoms. The second-order valence-corrected chi connectivity index (χ2v) is 4.98. The number of nitrogens with zero attached hydrogens (tertiary/aromatic N) is 1. The highest BCUT2D eigenvalue weighted by atomic mass is 32.1. The van der Waals surface area contributed by atoms with Crippen molar-refractivity contribution in [1.82, 2.24) is 5.32 Å². The molecule has 110 valence electrons. The number of carbonyl (C=O) groups excluding carboxylic acids is 1. The van der Waals surface area contributed by atoms with Crippen molar-refractivity contribution in [3.8, 4) is 0 Å². The van der Waals surface area contributed by atoms with Gasteiger partial charge in [-0.2, -0.15) is 11.3 Å². The summed E-state index contributed by atoms with van der Waals surface area (Å²) in [5.41, 5.74) is -0.231. The summed E-state index contributed by atoms with van der Waals surface area (Å²) in [4.78, 5) is 22.0. The third-order valence-electron chi connectivity index (χ3n) is 2.78. The first-order valence-corrected chi connectivity index (χ1v) is 6.85. The monoisotopic (exact) mass is 310 g/mol. The minimum atomic E-state index is -0.923. The van der Waals surface area contributed by atoms with Gasteiger partial charge < -0.3 is 10.4 Å². The van der Waals surface area contributed by atoms with E-state index in [2.05, 4.69) is 5.32 Å². The summed E-state index contributed by atoms with van der Waals surface area (Å²) in [6.07, 6.45) is -0.923. The SMILES string of the molecule is O=C(NC[C@@H](O)c1ccsc1)c1cc(F)ccc1[N+](=O)[O-]. The van der Waals surface area contributed by atoms with Crippen molar-refractivity contribution in [2.75, 3.05) is 6.54 Å². The van der Waals surface area contributed by atoms with Crippen LogP contribution in [0.3, 0.4) is 0 Å². The number of hydrogen-bond acceptors (Lipinski definition) is 5. The Kier molecular flexibility index (Phi) is 4.61. The summed E-state index contributed by atoms with van der Waals surface area (Å²) in [6, 6.07) is 4.34. The van der Waals surface area contributed by atoms with Crippen LogP contribution in [0.1, 0.15) is 22.0 Å². The van der Waals surface area contributed by atoms with Crippen molar-refractivity contribution >= 4 is 22.9 Å². The molecule has 0 saturated heterocycles. The molecule has 2 N–H and O–H groups in total. The minimum Gasteiger partial charge on any atom is -0.387 e. The molecule has 0 bridgehead atoms. The molecule has 0 saturated carbocycles. The second kappa shape index (κ2) is 6.42. The third kappa shape index (κ3) is 3.61. The number of nitrogens with one attached hydrogen (secondary N) is 1. The summed E-state index contributed by atoms with van der Waals surface area (Å²) in [5, 5.41) is 26.5. The van der Waals surface area contributed by atoms with E-state index in [4.69, 9.17) is 0 Å². The molecule has 0 unspecified atom stereocenters. The van der Waals surface area contributed by atoms with Crippen molar-refractivity contribution in [1.29, 1.82) is 0 Å². The van der Waals surface area contributed by atoms with Gasteiger partial charge in [0.05, 0.1) is 11.0 Å². The Morgan fingerprint density at radius 1 is 1.48 bits per heavy atom. The van der Waals surface area contributed by atoms with Crippen molar-refractivity contribution in [3.63, 3.8) is 0 Å². The lowest BCUT2D eigenvalue weighted by atomic mass is 10.1. The Morgan fingerprint density at radius 2 is 2.24 bits per heavy atom. The Balaban J connectivity index is 2.10. The van der Waals surface area contributed by atoms with Crippen molar-refractivity contribution in [2.45, 2.75) is 6.10 Å². The first-order valence-electron chi connectivity index (χ1n) is 5.91. The maximum Gasteiger partial charge on any atom is 0.282 e. The first-order chi connectivity index (χ1) is 9.99. The van der Waals surface area contributed by atoms with Crippen LogP contribution in [0.5, 0.6) is 0 Å². The summed E-state index contributed by atoms with van der Waals surface area (Å²) in [6.45, 7) is -0.122. The smallest absolute Gasteiger partial charge is 0.282 e. The summed E-state index contributed by atoms with van der Waals surface area (Å²) < 4.78 is 13.1. The summed E-state index contributed by atoms with van der Waals surface area (Å²) in [5.74, 6) is -1.56. The Morgan fingerprint density at radius 3 is 2.86 bits per heavy atom. The molecule has 1 amide bonds. The van der Waals surface area contributed by atoms with Gasteiger partial charge in [0.25, 0.3) is 11.6 Å². The second-order valence-electron chi connectivity index (χ2n) is 4.20. The van der Waals surface area contributed by atoms with E-state index in [1.54, 1.807) is 16.8 Å².